The summed E-state index contributed by atoms with van der Waals surface area (Å²) in [6, 6.07) is 9.92. The Labute approximate surface area is 191 Å². The Morgan fingerprint density at radius 2 is 1.82 bits per heavy atom. The number of halogens is 1. The van der Waals surface area contributed by atoms with E-state index < -0.39 is 15.8 Å². The van der Waals surface area contributed by atoms with Gasteiger partial charge in [0.1, 0.15) is 5.82 Å². The molecule has 176 valence electrons. The number of hydrogen-bond acceptors (Lipinski definition) is 5. The van der Waals surface area contributed by atoms with Gasteiger partial charge >= 0.3 is 5.76 Å². The quantitative estimate of drug-likeness (QED) is 0.585. The number of oxazole rings is 1. The molecule has 0 saturated carbocycles. The lowest BCUT2D eigenvalue weighted by Gasteiger charge is -2.31. The summed E-state index contributed by atoms with van der Waals surface area (Å²) in [4.78, 5) is 24.5. The van der Waals surface area contributed by atoms with Gasteiger partial charge in [-0.1, -0.05) is 0 Å². The molecule has 2 aromatic carbocycles. The summed E-state index contributed by atoms with van der Waals surface area (Å²) in [5.74, 6) is -1.02. The van der Waals surface area contributed by atoms with E-state index in [0.717, 1.165) is 0 Å². The number of rotatable bonds is 6. The smallest absolute Gasteiger partial charge is 0.408 e. The molecule has 33 heavy (non-hydrogen) atoms. The Morgan fingerprint density at radius 3 is 2.45 bits per heavy atom. The molecule has 1 aliphatic rings. The molecule has 1 aromatic heterocycles. The molecule has 0 atom stereocenters. The Balaban J connectivity index is 1.40. The van der Waals surface area contributed by atoms with Gasteiger partial charge in [0.05, 0.1) is 10.4 Å². The molecule has 1 amide bonds. The number of sulfonamides is 1. The molecular formula is C23H26FN3O5S. The standard InChI is InChI=1S/C23H26FN3O5S/c1-15(2)27-20-8-7-19(14-21(20)32-23(27)29)33(30,31)26-11-9-16(10-12-26)13-22(28)25-18-5-3-17(24)4-6-18/h3-8,14-16H,9-13H2,1-2H3,(H,25,28). The van der Waals surface area contributed by atoms with Gasteiger partial charge < -0.3 is 9.73 Å². The average molecular weight is 476 g/mol. The van der Waals surface area contributed by atoms with Crippen molar-refractivity contribution >= 4 is 32.7 Å². The number of carbonyl (C=O) groups is 1. The molecule has 1 aliphatic heterocycles. The second kappa shape index (κ2) is 9.11. The molecule has 1 fully saturated rings. The SMILES string of the molecule is CC(C)n1c(=O)oc2cc(S(=O)(=O)N3CCC(CC(=O)Nc4ccc(F)cc4)CC3)ccc21. The maximum atomic E-state index is 13.1. The van der Waals surface area contributed by atoms with Gasteiger partial charge in [-0.3, -0.25) is 9.36 Å². The van der Waals surface area contributed by atoms with Crippen LogP contribution in [0.25, 0.3) is 11.1 Å². The van der Waals surface area contributed by atoms with Crippen molar-refractivity contribution in [3.8, 4) is 0 Å². The van der Waals surface area contributed by atoms with Gasteiger partial charge in [0.2, 0.25) is 15.9 Å². The second-order valence-electron chi connectivity index (χ2n) is 8.57. The van der Waals surface area contributed by atoms with Crippen molar-refractivity contribution in [2.24, 2.45) is 5.92 Å². The molecule has 1 saturated heterocycles. The molecular weight excluding hydrogens is 449 g/mol. The summed E-state index contributed by atoms with van der Waals surface area (Å²) in [5, 5.41) is 2.74. The first-order valence-corrected chi connectivity index (χ1v) is 12.3. The number of aromatic nitrogens is 1. The summed E-state index contributed by atoms with van der Waals surface area (Å²) in [6.45, 7) is 4.30. The predicted octanol–water partition coefficient (Wildman–Crippen LogP) is 3.74. The maximum Gasteiger partial charge on any atom is 0.420 e. The highest BCUT2D eigenvalue weighted by Gasteiger charge is 2.31. The Bertz CT molecular complexity index is 1320. The molecule has 0 unspecified atom stereocenters. The Kier molecular flexibility index (Phi) is 6.40. The molecule has 0 radical (unpaired) electrons. The molecule has 0 aliphatic carbocycles. The van der Waals surface area contributed by atoms with Crippen LogP contribution in [0.4, 0.5) is 10.1 Å². The van der Waals surface area contributed by atoms with E-state index in [0.29, 0.717) is 37.1 Å². The van der Waals surface area contributed by atoms with Crippen LogP contribution in [-0.4, -0.2) is 36.3 Å². The van der Waals surface area contributed by atoms with E-state index in [1.807, 2.05) is 13.8 Å². The Hall–Kier alpha value is -2.98. The molecule has 10 heteroatoms. The molecule has 4 rings (SSSR count). The normalized spacial score (nSPS) is 15.9. The van der Waals surface area contributed by atoms with E-state index in [1.54, 1.807) is 6.07 Å². The maximum absolute atomic E-state index is 13.1. The number of anilines is 1. The first-order chi connectivity index (χ1) is 15.6. The van der Waals surface area contributed by atoms with Crippen molar-refractivity contribution < 1.29 is 22.0 Å². The summed E-state index contributed by atoms with van der Waals surface area (Å²) in [5.41, 5.74) is 1.32. The van der Waals surface area contributed by atoms with Crippen LogP contribution in [0.5, 0.6) is 0 Å². The molecule has 3 aromatic rings. The third-order valence-electron chi connectivity index (χ3n) is 5.91. The summed E-state index contributed by atoms with van der Waals surface area (Å²) >= 11 is 0. The number of piperidine rings is 1. The van der Waals surface area contributed by atoms with Crippen molar-refractivity contribution in [2.75, 3.05) is 18.4 Å². The third kappa shape index (κ3) is 4.86. The van der Waals surface area contributed by atoms with Crippen LogP contribution < -0.4 is 11.1 Å². The first kappa shape index (κ1) is 23.2. The largest absolute Gasteiger partial charge is 0.420 e. The van der Waals surface area contributed by atoms with Crippen LogP contribution in [0, 0.1) is 11.7 Å². The fourth-order valence-corrected chi connectivity index (χ4v) is 5.66. The van der Waals surface area contributed by atoms with Gasteiger partial charge in [0.15, 0.2) is 5.58 Å². The van der Waals surface area contributed by atoms with Crippen molar-refractivity contribution in [2.45, 2.75) is 44.0 Å². The van der Waals surface area contributed by atoms with Crippen LogP contribution in [-0.2, 0) is 14.8 Å². The van der Waals surface area contributed by atoms with E-state index in [2.05, 4.69) is 5.32 Å². The van der Waals surface area contributed by atoms with E-state index in [9.17, 15) is 22.4 Å². The monoisotopic (exact) mass is 475 g/mol. The minimum atomic E-state index is -3.76. The lowest BCUT2D eigenvalue weighted by molar-refractivity contribution is -0.117. The van der Waals surface area contributed by atoms with Gasteiger partial charge in [-0.15, -0.1) is 0 Å². The lowest BCUT2D eigenvalue weighted by Crippen LogP contribution is -2.39. The van der Waals surface area contributed by atoms with E-state index in [1.165, 1.54) is 45.3 Å². The van der Waals surface area contributed by atoms with Crippen LogP contribution >= 0.6 is 0 Å². The van der Waals surface area contributed by atoms with Crippen molar-refractivity contribution in [3.63, 3.8) is 0 Å². The molecule has 2 heterocycles. The Morgan fingerprint density at radius 1 is 1.15 bits per heavy atom. The summed E-state index contributed by atoms with van der Waals surface area (Å²) < 4.78 is 47.4. The second-order valence-corrected chi connectivity index (χ2v) is 10.5. The zero-order valence-corrected chi connectivity index (χ0v) is 19.3. The van der Waals surface area contributed by atoms with Gasteiger partial charge in [-0.05, 0) is 69.0 Å². The number of nitrogens with zero attached hydrogens (tertiary/aromatic N) is 2. The molecule has 8 nitrogen and oxygen atoms in total. The third-order valence-corrected chi connectivity index (χ3v) is 7.81. The minimum Gasteiger partial charge on any atom is -0.408 e. The fourth-order valence-electron chi connectivity index (χ4n) is 4.18. The zero-order chi connectivity index (χ0) is 23.8. The highest BCUT2D eigenvalue weighted by molar-refractivity contribution is 7.89. The lowest BCUT2D eigenvalue weighted by atomic mass is 9.94. The van der Waals surface area contributed by atoms with Gasteiger partial charge in [0.25, 0.3) is 0 Å². The highest BCUT2D eigenvalue weighted by atomic mass is 32.2. The van der Waals surface area contributed by atoms with Crippen molar-refractivity contribution in [3.05, 3.63) is 58.8 Å². The van der Waals surface area contributed by atoms with Gasteiger partial charge in [-0.2, -0.15) is 4.31 Å². The van der Waals surface area contributed by atoms with Crippen LogP contribution in [0.3, 0.4) is 0 Å². The number of carbonyl (C=O) groups excluding carboxylic acids is 1. The van der Waals surface area contributed by atoms with Crippen molar-refractivity contribution in [1.29, 1.82) is 0 Å². The zero-order valence-electron chi connectivity index (χ0n) is 18.5. The van der Waals surface area contributed by atoms with E-state index in [-0.39, 0.29) is 40.6 Å². The van der Waals surface area contributed by atoms with E-state index in [4.69, 9.17) is 4.42 Å². The van der Waals surface area contributed by atoms with Gasteiger partial charge in [-0.25, -0.2) is 17.6 Å². The summed E-state index contributed by atoms with van der Waals surface area (Å²) in [7, 11) is -3.76. The molecule has 0 spiro atoms. The average Bonchev–Trinajstić information content (AvgIpc) is 3.10. The summed E-state index contributed by atoms with van der Waals surface area (Å²) in [6.07, 6.45) is 1.37. The number of fused-ring (bicyclic) bond motifs is 1. The fraction of sp³-hybridized carbons (Fsp3) is 0.391. The van der Waals surface area contributed by atoms with E-state index >= 15 is 0 Å². The number of nitrogens with one attached hydrogen (secondary N) is 1. The highest BCUT2D eigenvalue weighted by Crippen LogP contribution is 2.28. The van der Waals surface area contributed by atoms with Crippen LogP contribution in [0.2, 0.25) is 0 Å². The van der Waals surface area contributed by atoms with Gasteiger partial charge in [0, 0.05) is 37.3 Å². The van der Waals surface area contributed by atoms with Crippen LogP contribution in [0.15, 0.2) is 56.6 Å². The van der Waals surface area contributed by atoms with Crippen molar-refractivity contribution in [1.82, 2.24) is 8.87 Å². The van der Waals surface area contributed by atoms with Crippen LogP contribution in [0.1, 0.15) is 39.2 Å². The topological polar surface area (TPSA) is 102 Å². The number of hydrogen-bond donors (Lipinski definition) is 1. The minimum absolute atomic E-state index is 0.0532. The first-order valence-electron chi connectivity index (χ1n) is 10.9. The molecule has 0 bridgehead atoms. The molecule has 1 N–H and O–H groups in total. The number of amides is 1. The number of benzene rings is 2. The predicted molar refractivity (Wildman–Crippen MR) is 122 cm³/mol.